The van der Waals surface area contributed by atoms with Crippen LogP contribution in [-0.2, 0) is 27.9 Å². The molecular weight excluding hydrogens is 438 g/mol. The van der Waals surface area contributed by atoms with Gasteiger partial charge in [0.1, 0.15) is 5.76 Å². The minimum atomic E-state index is -3.87. The normalized spacial score (nSPS) is 16.8. The molecule has 0 radical (unpaired) electrons. The van der Waals surface area contributed by atoms with Gasteiger partial charge in [-0.3, -0.25) is 9.69 Å². The van der Waals surface area contributed by atoms with Crippen molar-refractivity contribution in [1.29, 1.82) is 0 Å². The largest absolute Gasteiger partial charge is 0.468 e. The van der Waals surface area contributed by atoms with Crippen LogP contribution in [0.1, 0.15) is 23.3 Å². The molecule has 2 heterocycles. The van der Waals surface area contributed by atoms with Gasteiger partial charge in [-0.2, -0.15) is 4.31 Å². The quantitative estimate of drug-likeness (QED) is 0.523. The number of carbonyl (C=O) groups is 1. The predicted octanol–water partition coefficient (Wildman–Crippen LogP) is 3.17. The van der Waals surface area contributed by atoms with Crippen LogP contribution in [0.2, 0.25) is 0 Å². The number of benzene rings is 2. The first-order chi connectivity index (χ1) is 15.9. The molecule has 0 spiro atoms. The van der Waals surface area contributed by atoms with Crippen molar-refractivity contribution in [3.8, 4) is 0 Å². The molecule has 0 saturated carbocycles. The highest BCUT2D eigenvalue weighted by Gasteiger charge is 2.30. The lowest BCUT2D eigenvalue weighted by molar-refractivity contribution is -0.122. The van der Waals surface area contributed by atoms with E-state index in [1.165, 1.54) is 16.1 Å². The van der Waals surface area contributed by atoms with E-state index in [1.54, 1.807) is 36.4 Å². The molecule has 2 aromatic carbocycles. The highest BCUT2D eigenvalue weighted by atomic mass is 32.2. The van der Waals surface area contributed by atoms with Gasteiger partial charge in [-0.1, -0.05) is 48.0 Å². The first-order valence-electron chi connectivity index (χ1n) is 11.0. The van der Waals surface area contributed by atoms with Gasteiger partial charge in [-0.05, 0) is 43.2 Å². The molecule has 8 heteroatoms. The Kier molecular flexibility index (Phi) is 7.27. The zero-order valence-corrected chi connectivity index (χ0v) is 19.5. The molecule has 1 atom stereocenters. The smallest absolute Gasteiger partial charge is 0.243 e. The molecule has 3 aromatic rings. The number of hydrogen-bond acceptors (Lipinski definition) is 5. The van der Waals surface area contributed by atoms with Crippen molar-refractivity contribution in [3.63, 3.8) is 0 Å². The third-order valence-corrected chi connectivity index (χ3v) is 7.58. The van der Waals surface area contributed by atoms with E-state index in [0.717, 1.165) is 31.6 Å². The first-order valence-corrected chi connectivity index (χ1v) is 12.5. The number of furan rings is 1. The SMILES string of the molecule is Cc1ccc(S(=O)(=O)N(CC(=O)NC2CCN(Cc3ccccc3)C2)Cc2ccco2)cc1. The van der Waals surface area contributed by atoms with Gasteiger partial charge < -0.3 is 9.73 Å². The molecule has 4 rings (SSSR count). The molecule has 1 amide bonds. The molecule has 0 bridgehead atoms. The molecule has 1 unspecified atom stereocenters. The second kappa shape index (κ2) is 10.3. The van der Waals surface area contributed by atoms with Crippen LogP contribution in [-0.4, -0.2) is 49.2 Å². The number of nitrogens with one attached hydrogen (secondary N) is 1. The number of rotatable bonds is 9. The van der Waals surface area contributed by atoms with Gasteiger partial charge >= 0.3 is 0 Å². The van der Waals surface area contributed by atoms with E-state index in [4.69, 9.17) is 4.42 Å². The molecule has 1 N–H and O–H groups in total. The van der Waals surface area contributed by atoms with Gasteiger partial charge in [0.2, 0.25) is 15.9 Å². The van der Waals surface area contributed by atoms with E-state index in [9.17, 15) is 13.2 Å². The van der Waals surface area contributed by atoms with Crippen LogP contribution in [0, 0.1) is 6.92 Å². The summed E-state index contributed by atoms with van der Waals surface area (Å²) in [6.45, 7) is 4.07. The minimum absolute atomic E-state index is 0.00578. The van der Waals surface area contributed by atoms with Crippen molar-refractivity contribution in [1.82, 2.24) is 14.5 Å². The van der Waals surface area contributed by atoms with Crippen molar-refractivity contribution in [2.24, 2.45) is 0 Å². The summed E-state index contributed by atoms with van der Waals surface area (Å²) < 4.78 is 33.1. The van der Waals surface area contributed by atoms with Crippen LogP contribution >= 0.6 is 0 Å². The number of hydrogen-bond donors (Lipinski definition) is 1. The molecule has 0 aliphatic carbocycles. The summed E-state index contributed by atoms with van der Waals surface area (Å²) in [5.74, 6) is 0.164. The van der Waals surface area contributed by atoms with E-state index in [0.29, 0.717) is 5.76 Å². The van der Waals surface area contributed by atoms with Crippen LogP contribution in [0.15, 0.2) is 82.3 Å². The van der Waals surface area contributed by atoms with Crippen molar-refractivity contribution < 1.29 is 17.6 Å². The topological polar surface area (TPSA) is 82.9 Å². The zero-order chi connectivity index (χ0) is 23.3. The summed E-state index contributed by atoms with van der Waals surface area (Å²) in [6.07, 6.45) is 2.33. The zero-order valence-electron chi connectivity index (χ0n) is 18.7. The Labute approximate surface area is 195 Å². The van der Waals surface area contributed by atoms with Crippen LogP contribution in [0.25, 0.3) is 0 Å². The maximum Gasteiger partial charge on any atom is 0.243 e. The van der Waals surface area contributed by atoms with Crippen molar-refractivity contribution in [2.45, 2.75) is 37.4 Å². The van der Waals surface area contributed by atoms with Crippen LogP contribution < -0.4 is 5.32 Å². The summed E-state index contributed by atoms with van der Waals surface area (Å²) in [5, 5.41) is 3.02. The van der Waals surface area contributed by atoms with E-state index in [2.05, 4.69) is 22.3 Å². The summed E-state index contributed by atoms with van der Waals surface area (Å²) >= 11 is 0. The highest BCUT2D eigenvalue weighted by molar-refractivity contribution is 7.89. The predicted molar refractivity (Wildman–Crippen MR) is 126 cm³/mol. The lowest BCUT2D eigenvalue weighted by Crippen LogP contribution is -2.44. The molecular formula is C25H29N3O4S. The number of aryl methyl sites for hydroxylation is 1. The summed E-state index contributed by atoms with van der Waals surface area (Å²) in [5.41, 5.74) is 2.20. The van der Waals surface area contributed by atoms with Gasteiger partial charge in [0, 0.05) is 25.7 Å². The highest BCUT2D eigenvalue weighted by Crippen LogP contribution is 2.20. The number of carbonyl (C=O) groups excluding carboxylic acids is 1. The van der Waals surface area contributed by atoms with Gasteiger partial charge in [0.25, 0.3) is 0 Å². The van der Waals surface area contributed by atoms with E-state index >= 15 is 0 Å². The number of amides is 1. The Morgan fingerprint density at radius 3 is 2.55 bits per heavy atom. The van der Waals surface area contributed by atoms with Gasteiger partial charge in [-0.25, -0.2) is 8.42 Å². The Bertz CT molecular complexity index is 1150. The number of nitrogens with zero attached hydrogens (tertiary/aromatic N) is 2. The molecule has 1 aromatic heterocycles. The monoisotopic (exact) mass is 467 g/mol. The van der Waals surface area contributed by atoms with E-state index in [1.807, 2.05) is 25.1 Å². The molecule has 1 aliphatic rings. The summed E-state index contributed by atoms with van der Waals surface area (Å²) in [4.78, 5) is 15.3. The Balaban J connectivity index is 1.40. The van der Waals surface area contributed by atoms with Crippen molar-refractivity contribution in [2.75, 3.05) is 19.6 Å². The van der Waals surface area contributed by atoms with Crippen molar-refractivity contribution >= 4 is 15.9 Å². The fourth-order valence-corrected chi connectivity index (χ4v) is 5.39. The van der Waals surface area contributed by atoms with Crippen LogP contribution in [0.3, 0.4) is 0 Å². The third-order valence-electron chi connectivity index (χ3n) is 5.78. The fraction of sp³-hybridized carbons (Fsp3) is 0.320. The number of sulfonamides is 1. The third kappa shape index (κ3) is 6.10. The van der Waals surface area contributed by atoms with E-state index in [-0.39, 0.29) is 29.9 Å². The summed E-state index contributed by atoms with van der Waals surface area (Å²) in [7, 11) is -3.87. The van der Waals surface area contributed by atoms with Gasteiger partial charge in [0.05, 0.1) is 24.2 Å². The van der Waals surface area contributed by atoms with Gasteiger partial charge in [-0.15, -0.1) is 0 Å². The standard InChI is InChI=1S/C25H29N3O4S/c1-20-9-11-24(12-10-20)33(30,31)28(18-23-8-5-15-32-23)19-25(29)26-22-13-14-27(17-22)16-21-6-3-2-4-7-21/h2-12,15,22H,13-14,16-19H2,1H3,(H,26,29). The molecule has 1 saturated heterocycles. The first kappa shape index (κ1) is 23.2. The minimum Gasteiger partial charge on any atom is -0.468 e. The molecule has 33 heavy (non-hydrogen) atoms. The summed E-state index contributed by atoms with van der Waals surface area (Å²) in [6, 6.07) is 20.2. The average molecular weight is 468 g/mol. The Hall–Kier alpha value is -2.94. The van der Waals surface area contributed by atoms with E-state index < -0.39 is 10.0 Å². The molecule has 7 nitrogen and oxygen atoms in total. The molecule has 1 fully saturated rings. The lowest BCUT2D eigenvalue weighted by atomic mass is 10.2. The Morgan fingerprint density at radius 2 is 1.85 bits per heavy atom. The lowest BCUT2D eigenvalue weighted by Gasteiger charge is -2.22. The average Bonchev–Trinajstić information content (AvgIpc) is 3.46. The maximum absolute atomic E-state index is 13.3. The number of likely N-dealkylation sites (tertiary alicyclic amines) is 1. The van der Waals surface area contributed by atoms with Gasteiger partial charge in [0.15, 0.2) is 0 Å². The van der Waals surface area contributed by atoms with Crippen LogP contribution in [0.4, 0.5) is 0 Å². The second-order valence-electron chi connectivity index (χ2n) is 8.44. The maximum atomic E-state index is 13.3. The Morgan fingerprint density at radius 1 is 1.09 bits per heavy atom. The molecule has 174 valence electrons. The van der Waals surface area contributed by atoms with Crippen molar-refractivity contribution in [3.05, 3.63) is 89.9 Å². The fourth-order valence-electron chi connectivity index (χ4n) is 4.03. The van der Waals surface area contributed by atoms with Crippen LogP contribution in [0.5, 0.6) is 0 Å². The second-order valence-corrected chi connectivity index (χ2v) is 10.4. The molecule has 1 aliphatic heterocycles.